The molecule has 0 spiro atoms. The second-order valence-electron chi connectivity index (χ2n) is 9.27. The van der Waals surface area contributed by atoms with Crippen LogP contribution < -0.4 is 0 Å². The van der Waals surface area contributed by atoms with E-state index in [1.807, 2.05) is 36.1 Å². The Morgan fingerprint density at radius 1 is 1.13 bits per heavy atom. The summed E-state index contributed by atoms with van der Waals surface area (Å²) in [5.41, 5.74) is 1.45. The summed E-state index contributed by atoms with van der Waals surface area (Å²) < 4.78 is 0. The number of likely N-dealkylation sites (tertiary alicyclic amines) is 2. The van der Waals surface area contributed by atoms with E-state index in [1.165, 1.54) is 11.3 Å². The Kier molecular flexibility index (Phi) is 4.88. The number of aromatic nitrogens is 1. The molecule has 1 aromatic carbocycles. The fourth-order valence-electron chi connectivity index (χ4n) is 5.78. The Hall–Kier alpha value is -3.02. The molecule has 3 amide bonds. The van der Waals surface area contributed by atoms with Gasteiger partial charge in [0.2, 0.25) is 17.7 Å². The van der Waals surface area contributed by atoms with Gasteiger partial charge in [0.15, 0.2) is 0 Å². The first-order chi connectivity index (χ1) is 15.0. The molecule has 6 heteroatoms. The van der Waals surface area contributed by atoms with E-state index >= 15 is 0 Å². The summed E-state index contributed by atoms with van der Waals surface area (Å²) in [4.78, 5) is 47.6. The molecule has 2 saturated heterocycles. The molecule has 0 N–H and O–H groups in total. The zero-order valence-corrected chi connectivity index (χ0v) is 17.8. The Bertz CT molecular complexity index is 1040. The maximum Gasteiger partial charge on any atom is 0.241 e. The molecule has 3 fully saturated rings. The first kappa shape index (κ1) is 19.9. The van der Waals surface area contributed by atoms with Crippen LogP contribution in [0, 0.1) is 12.8 Å². The molecule has 31 heavy (non-hydrogen) atoms. The highest BCUT2D eigenvalue weighted by molar-refractivity contribution is 6.10. The van der Waals surface area contributed by atoms with Crippen LogP contribution in [0.1, 0.15) is 48.8 Å². The van der Waals surface area contributed by atoms with E-state index in [-0.39, 0.29) is 37.1 Å². The molecule has 1 aromatic heterocycles. The summed E-state index contributed by atoms with van der Waals surface area (Å²) >= 11 is 0. The topological polar surface area (TPSA) is 70.6 Å². The Balaban J connectivity index is 1.49. The molecular formula is C25H27N3O3. The van der Waals surface area contributed by atoms with E-state index in [9.17, 15) is 14.4 Å². The fourth-order valence-corrected chi connectivity index (χ4v) is 5.78. The monoisotopic (exact) mass is 417 g/mol. The number of imide groups is 1. The van der Waals surface area contributed by atoms with Gasteiger partial charge in [0.25, 0.3) is 0 Å². The van der Waals surface area contributed by atoms with Crippen molar-refractivity contribution in [3.63, 3.8) is 0 Å². The van der Waals surface area contributed by atoms with Gasteiger partial charge in [0.05, 0.1) is 12.0 Å². The zero-order chi connectivity index (χ0) is 21.6. The Morgan fingerprint density at radius 2 is 1.90 bits per heavy atom. The number of benzene rings is 1. The largest absolute Gasteiger partial charge is 0.339 e. The van der Waals surface area contributed by atoms with Gasteiger partial charge in [0, 0.05) is 37.8 Å². The normalized spacial score (nSPS) is 27.4. The van der Waals surface area contributed by atoms with Crippen molar-refractivity contribution < 1.29 is 14.4 Å². The molecule has 0 radical (unpaired) electrons. The van der Waals surface area contributed by atoms with Crippen LogP contribution in [-0.2, 0) is 26.3 Å². The van der Waals surface area contributed by atoms with Crippen LogP contribution in [-0.4, -0.2) is 45.1 Å². The molecule has 5 rings (SSSR count). The highest BCUT2D eigenvalue weighted by Gasteiger charge is 2.55. The van der Waals surface area contributed by atoms with Gasteiger partial charge in [-0.2, -0.15) is 0 Å². The van der Waals surface area contributed by atoms with E-state index in [0.29, 0.717) is 12.0 Å². The lowest BCUT2D eigenvalue weighted by molar-refractivity contribution is -0.143. The second kappa shape index (κ2) is 7.59. The highest BCUT2D eigenvalue weighted by atomic mass is 16.2. The smallest absolute Gasteiger partial charge is 0.241 e. The van der Waals surface area contributed by atoms with Gasteiger partial charge in [-0.15, -0.1) is 0 Å². The van der Waals surface area contributed by atoms with E-state index in [1.54, 1.807) is 24.5 Å². The molecule has 3 aliphatic rings. The molecule has 3 atom stereocenters. The van der Waals surface area contributed by atoms with Gasteiger partial charge in [-0.1, -0.05) is 24.3 Å². The minimum atomic E-state index is -1.13. The van der Waals surface area contributed by atoms with Crippen molar-refractivity contribution in [2.75, 3.05) is 6.54 Å². The second-order valence-corrected chi connectivity index (χ2v) is 9.27. The number of hydrogen-bond donors (Lipinski definition) is 0. The Labute approximate surface area is 182 Å². The van der Waals surface area contributed by atoms with Crippen molar-refractivity contribution in [1.29, 1.82) is 0 Å². The third-order valence-corrected chi connectivity index (χ3v) is 7.34. The lowest BCUT2D eigenvalue weighted by atomic mass is 9.73. The number of carbonyl (C=O) groups is 3. The van der Waals surface area contributed by atoms with Crippen LogP contribution >= 0.6 is 0 Å². The van der Waals surface area contributed by atoms with Gasteiger partial charge in [-0.25, -0.2) is 0 Å². The molecule has 1 aliphatic carbocycles. The number of carbonyl (C=O) groups excluding carboxylic acids is 3. The summed E-state index contributed by atoms with van der Waals surface area (Å²) in [5.74, 6) is 0.108. The van der Waals surface area contributed by atoms with Gasteiger partial charge in [0.1, 0.15) is 0 Å². The first-order valence-corrected chi connectivity index (χ1v) is 11.1. The van der Waals surface area contributed by atoms with Gasteiger partial charge >= 0.3 is 0 Å². The summed E-state index contributed by atoms with van der Waals surface area (Å²) in [6, 6.07) is 11.6. The number of rotatable bonds is 5. The molecular weight excluding hydrogens is 390 g/mol. The van der Waals surface area contributed by atoms with Crippen LogP contribution in [0.4, 0.5) is 0 Å². The molecule has 2 aliphatic heterocycles. The lowest BCUT2D eigenvalue weighted by Crippen LogP contribution is -2.45. The maximum absolute atomic E-state index is 13.8. The van der Waals surface area contributed by atoms with Crippen LogP contribution in [0.5, 0.6) is 0 Å². The SMILES string of the molecule is Cc1ccccc1[C@@]1(CC(=O)N2C[C@H]3CC[C@H]2C3)CC(=O)N(Cc2ccncc2)C1=O. The quantitative estimate of drug-likeness (QED) is 0.702. The van der Waals surface area contributed by atoms with Crippen LogP contribution in [0.25, 0.3) is 0 Å². The molecule has 160 valence electrons. The van der Waals surface area contributed by atoms with Gasteiger partial charge in [-0.3, -0.25) is 24.3 Å². The van der Waals surface area contributed by atoms with Crippen molar-refractivity contribution in [3.8, 4) is 0 Å². The van der Waals surface area contributed by atoms with Crippen LogP contribution in [0.2, 0.25) is 0 Å². The van der Waals surface area contributed by atoms with E-state index < -0.39 is 5.41 Å². The molecule has 0 unspecified atom stereocenters. The van der Waals surface area contributed by atoms with E-state index in [0.717, 1.165) is 36.1 Å². The number of amides is 3. The number of aryl methyl sites for hydroxylation is 1. The number of piperidine rings is 1. The van der Waals surface area contributed by atoms with Crippen molar-refractivity contribution in [2.45, 2.75) is 57.0 Å². The summed E-state index contributed by atoms with van der Waals surface area (Å²) in [6.45, 7) is 2.94. The molecule has 3 heterocycles. The highest BCUT2D eigenvalue weighted by Crippen LogP contribution is 2.44. The summed E-state index contributed by atoms with van der Waals surface area (Å²) in [7, 11) is 0. The molecule has 6 nitrogen and oxygen atoms in total. The minimum absolute atomic E-state index is 0.00219. The van der Waals surface area contributed by atoms with E-state index in [2.05, 4.69) is 4.98 Å². The van der Waals surface area contributed by atoms with Gasteiger partial charge in [-0.05, 0) is 60.9 Å². The van der Waals surface area contributed by atoms with Crippen molar-refractivity contribution in [3.05, 3.63) is 65.5 Å². The van der Waals surface area contributed by atoms with Gasteiger partial charge < -0.3 is 4.90 Å². The predicted molar refractivity (Wildman–Crippen MR) is 115 cm³/mol. The van der Waals surface area contributed by atoms with Crippen molar-refractivity contribution >= 4 is 17.7 Å². The number of hydrogen-bond acceptors (Lipinski definition) is 4. The summed E-state index contributed by atoms with van der Waals surface area (Å²) in [5, 5.41) is 0. The maximum atomic E-state index is 13.8. The number of fused-ring (bicyclic) bond motifs is 2. The van der Waals surface area contributed by atoms with Crippen LogP contribution in [0.3, 0.4) is 0 Å². The fraction of sp³-hybridized carbons (Fsp3) is 0.440. The number of pyridine rings is 1. The summed E-state index contributed by atoms with van der Waals surface area (Å²) in [6.07, 6.45) is 6.71. The Morgan fingerprint density at radius 3 is 2.58 bits per heavy atom. The molecule has 1 saturated carbocycles. The predicted octanol–water partition coefficient (Wildman–Crippen LogP) is 2.99. The van der Waals surface area contributed by atoms with E-state index in [4.69, 9.17) is 0 Å². The third kappa shape index (κ3) is 3.34. The van der Waals surface area contributed by atoms with Crippen molar-refractivity contribution in [2.24, 2.45) is 5.92 Å². The third-order valence-electron chi connectivity index (χ3n) is 7.34. The first-order valence-electron chi connectivity index (χ1n) is 11.1. The minimum Gasteiger partial charge on any atom is -0.339 e. The molecule has 2 bridgehead atoms. The zero-order valence-electron chi connectivity index (χ0n) is 17.8. The van der Waals surface area contributed by atoms with Crippen LogP contribution in [0.15, 0.2) is 48.8 Å². The lowest BCUT2D eigenvalue weighted by Gasteiger charge is -2.33. The average molecular weight is 418 g/mol. The van der Waals surface area contributed by atoms with Crippen molar-refractivity contribution in [1.82, 2.24) is 14.8 Å². The standard InChI is InChI=1S/C25H27N3O3/c1-17-4-2-3-5-21(17)25(13-22(29)27-16-19-6-7-20(27)12-19)14-23(30)28(24(25)31)15-18-8-10-26-11-9-18/h2-5,8-11,19-20H,6-7,12-16H2,1H3/t19-,20-,25+/m0/s1. The average Bonchev–Trinajstić information content (AvgIpc) is 3.46. The number of nitrogens with zero attached hydrogens (tertiary/aromatic N) is 3. The molecule has 2 aromatic rings.